The van der Waals surface area contributed by atoms with Gasteiger partial charge in [-0.15, -0.1) is 0 Å². The molecule has 2 aromatic rings. The van der Waals surface area contributed by atoms with E-state index in [1.165, 1.54) is 30.3 Å². The number of nitrogens with zero attached hydrogens (tertiary/aromatic N) is 1. The Bertz CT molecular complexity index is 701. The van der Waals surface area contributed by atoms with Crippen molar-refractivity contribution in [3.05, 3.63) is 75.1 Å². The van der Waals surface area contributed by atoms with Crippen LogP contribution in [0.2, 0.25) is 0 Å². The van der Waals surface area contributed by atoms with Gasteiger partial charge in [-0.25, -0.2) is 4.39 Å². The minimum absolute atomic E-state index is 0.0413. The van der Waals surface area contributed by atoms with Crippen LogP contribution in [0, 0.1) is 22.9 Å². The number of non-ortho nitro benzene ring substituents is 1. The lowest BCUT2D eigenvalue weighted by molar-refractivity contribution is -0.384. The number of halogens is 1. The second-order valence-electron chi connectivity index (χ2n) is 4.59. The molecule has 0 unspecified atom stereocenters. The molecule has 5 nitrogen and oxygen atoms in total. The number of nitro groups is 1. The van der Waals surface area contributed by atoms with Gasteiger partial charge < -0.3 is 5.32 Å². The summed E-state index contributed by atoms with van der Waals surface area (Å²) in [6.07, 6.45) is 0. The van der Waals surface area contributed by atoms with Gasteiger partial charge in [0.15, 0.2) is 0 Å². The number of carbonyl (C=O) groups is 1. The van der Waals surface area contributed by atoms with E-state index in [0.29, 0.717) is 5.56 Å². The highest BCUT2D eigenvalue weighted by molar-refractivity contribution is 5.94. The standard InChI is InChI=1S/C15H13FN2O3/c1-10-5-6-14(16)13(7-10)15(19)17-9-11-3-2-4-12(8-11)18(20)21/h2-8H,9H2,1H3,(H,17,19). The number of rotatable bonds is 4. The van der Waals surface area contributed by atoms with E-state index in [4.69, 9.17) is 0 Å². The predicted molar refractivity (Wildman–Crippen MR) is 75.4 cm³/mol. The summed E-state index contributed by atoms with van der Waals surface area (Å²) in [5, 5.41) is 13.2. The van der Waals surface area contributed by atoms with Crippen LogP contribution in [0.3, 0.4) is 0 Å². The van der Waals surface area contributed by atoms with Crippen molar-refractivity contribution >= 4 is 11.6 Å². The smallest absolute Gasteiger partial charge is 0.269 e. The van der Waals surface area contributed by atoms with Crippen LogP contribution in [0.25, 0.3) is 0 Å². The van der Waals surface area contributed by atoms with Crippen molar-refractivity contribution in [3.8, 4) is 0 Å². The molecule has 0 bridgehead atoms. The van der Waals surface area contributed by atoms with Crippen LogP contribution < -0.4 is 5.32 Å². The molecule has 2 aromatic carbocycles. The quantitative estimate of drug-likeness (QED) is 0.694. The first-order valence-corrected chi connectivity index (χ1v) is 6.25. The number of nitrogens with one attached hydrogen (secondary N) is 1. The van der Waals surface area contributed by atoms with E-state index in [0.717, 1.165) is 5.56 Å². The molecule has 0 saturated heterocycles. The van der Waals surface area contributed by atoms with Crippen LogP contribution in [-0.4, -0.2) is 10.8 Å². The van der Waals surface area contributed by atoms with Gasteiger partial charge in [-0.2, -0.15) is 0 Å². The van der Waals surface area contributed by atoms with Crippen LogP contribution in [0.5, 0.6) is 0 Å². The number of hydrogen-bond acceptors (Lipinski definition) is 3. The van der Waals surface area contributed by atoms with Crippen molar-refractivity contribution in [2.45, 2.75) is 13.5 Å². The molecule has 0 aliphatic carbocycles. The van der Waals surface area contributed by atoms with Crippen LogP contribution >= 0.6 is 0 Å². The lowest BCUT2D eigenvalue weighted by Crippen LogP contribution is -2.24. The van der Waals surface area contributed by atoms with Crippen molar-refractivity contribution < 1.29 is 14.1 Å². The highest BCUT2D eigenvalue weighted by Crippen LogP contribution is 2.14. The molecule has 21 heavy (non-hydrogen) atoms. The molecular weight excluding hydrogens is 275 g/mol. The molecule has 1 N–H and O–H groups in total. The zero-order chi connectivity index (χ0) is 15.4. The summed E-state index contributed by atoms with van der Waals surface area (Å²) in [6, 6.07) is 10.2. The van der Waals surface area contributed by atoms with Crippen LogP contribution in [0.4, 0.5) is 10.1 Å². The molecule has 6 heteroatoms. The van der Waals surface area contributed by atoms with Crippen molar-refractivity contribution in [2.24, 2.45) is 0 Å². The monoisotopic (exact) mass is 288 g/mol. The summed E-state index contributed by atoms with van der Waals surface area (Å²) in [5.41, 5.74) is 1.26. The maximum Gasteiger partial charge on any atom is 0.269 e. The molecule has 2 rings (SSSR count). The minimum atomic E-state index is -0.600. The topological polar surface area (TPSA) is 72.2 Å². The first-order valence-electron chi connectivity index (χ1n) is 6.25. The Morgan fingerprint density at radius 2 is 2.05 bits per heavy atom. The predicted octanol–water partition coefficient (Wildman–Crippen LogP) is 2.97. The van der Waals surface area contributed by atoms with Crippen LogP contribution in [-0.2, 0) is 6.54 Å². The van der Waals surface area contributed by atoms with Crippen molar-refractivity contribution in [1.29, 1.82) is 0 Å². The first-order chi connectivity index (χ1) is 9.97. The molecule has 0 saturated carbocycles. The number of carbonyl (C=O) groups excluding carboxylic acids is 1. The Kier molecular flexibility index (Phi) is 4.27. The largest absolute Gasteiger partial charge is 0.348 e. The first kappa shape index (κ1) is 14.6. The fourth-order valence-electron chi connectivity index (χ4n) is 1.87. The van der Waals surface area contributed by atoms with Crippen molar-refractivity contribution in [2.75, 3.05) is 0 Å². The second-order valence-corrected chi connectivity index (χ2v) is 4.59. The van der Waals surface area contributed by atoms with E-state index in [2.05, 4.69) is 5.32 Å². The van der Waals surface area contributed by atoms with E-state index in [-0.39, 0.29) is 17.8 Å². The minimum Gasteiger partial charge on any atom is -0.348 e. The van der Waals surface area contributed by atoms with Crippen LogP contribution in [0.1, 0.15) is 21.5 Å². The van der Waals surface area contributed by atoms with Gasteiger partial charge in [0.2, 0.25) is 0 Å². The maximum atomic E-state index is 13.6. The summed E-state index contributed by atoms with van der Waals surface area (Å²) in [7, 11) is 0. The van der Waals surface area contributed by atoms with Gasteiger partial charge in [-0.05, 0) is 24.6 Å². The third-order valence-electron chi connectivity index (χ3n) is 2.94. The van der Waals surface area contributed by atoms with E-state index >= 15 is 0 Å². The highest BCUT2D eigenvalue weighted by atomic mass is 19.1. The number of nitro benzene ring substituents is 1. The number of aryl methyl sites for hydroxylation is 1. The molecule has 108 valence electrons. The second kappa shape index (κ2) is 6.13. The molecule has 0 atom stereocenters. The van der Waals surface area contributed by atoms with Crippen molar-refractivity contribution in [3.63, 3.8) is 0 Å². The zero-order valence-corrected chi connectivity index (χ0v) is 11.3. The number of benzene rings is 2. The maximum absolute atomic E-state index is 13.6. The molecule has 0 spiro atoms. The van der Waals surface area contributed by atoms with Gasteiger partial charge in [0.1, 0.15) is 5.82 Å². The van der Waals surface area contributed by atoms with Gasteiger partial charge in [0.05, 0.1) is 10.5 Å². The number of amides is 1. The molecular formula is C15H13FN2O3. The van der Waals surface area contributed by atoms with Gasteiger partial charge in [0, 0.05) is 18.7 Å². The van der Waals surface area contributed by atoms with E-state index in [1.54, 1.807) is 19.1 Å². The van der Waals surface area contributed by atoms with Crippen molar-refractivity contribution in [1.82, 2.24) is 5.32 Å². The number of hydrogen-bond donors (Lipinski definition) is 1. The van der Waals surface area contributed by atoms with Gasteiger partial charge >= 0.3 is 0 Å². The van der Waals surface area contributed by atoms with Crippen LogP contribution in [0.15, 0.2) is 42.5 Å². The Morgan fingerprint density at radius 1 is 1.29 bits per heavy atom. The molecule has 0 aromatic heterocycles. The third kappa shape index (κ3) is 3.62. The lowest BCUT2D eigenvalue weighted by atomic mass is 10.1. The Hall–Kier alpha value is -2.76. The highest BCUT2D eigenvalue weighted by Gasteiger charge is 2.12. The fraction of sp³-hybridized carbons (Fsp3) is 0.133. The van der Waals surface area contributed by atoms with Gasteiger partial charge in [0.25, 0.3) is 11.6 Å². The molecule has 0 aliphatic rings. The van der Waals surface area contributed by atoms with E-state index in [1.807, 2.05) is 0 Å². The zero-order valence-electron chi connectivity index (χ0n) is 11.3. The molecule has 0 heterocycles. The Balaban J connectivity index is 2.09. The average molecular weight is 288 g/mol. The van der Waals surface area contributed by atoms with E-state index < -0.39 is 16.6 Å². The lowest BCUT2D eigenvalue weighted by Gasteiger charge is -2.07. The fourth-order valence-corrected chi connectivity index (χ4v) is 1.87. The Labute approximate surface area is 120 Å². The normalized spacial score (nSPS) is 10.2. The van der Waals surface area contributed by atoms with Gasteiger partial charge in [-0.3, -0.25) is 14.9 Å². The third-order valence-corrected chi connectivity index (χ3v) is 2.94. The average Bonchev–Trinajstić information content (AvgIpc) is 2.47. The summed E-state index contributed by atoms with van der Waals surface area (Å²) in [6.45, 7) is 1.85. The molecule has 0 radical (unpaired) electrons. The summed E-state index contributed by atoms with van der Waals surface area (Å²) >= 11 is 0. The summed E-state index contributed by atoms with van der Waals surface area (Å²) < 4.78 is 13.6. The molecule has 1 amide bonds. The summed E-state index contributed by atoms with van der Waals surface area (Å²) in [5.74, 6) is -1.15. The molecule has 0 aliphatic heterocycles. The Morgan fingerprint density at radius 3 is 2.76 bits per heavy atom. The molecule has 0 fully saturated rings. The van der Waals surface area contributed by atoms with E-state index in [9.17, 15) is 19.3 Å². The SMILES string of the molecule is Cc1ccc(F)c(C(=O)NCc2cccc([N+](=O)[O-])c2)c1. The summed E-state index contributed by atoms with van der Waals surface area (Å²) in [4.78, 5) is 22.1. The van der Waals surface area contributed by atoms with Gasteiger partial charge in [-0.1, -0.05) is 23.8 Å².